The Hall–Kier alpha value is -2.15. The Morgan fingerprint density at radius 3 is 2.59 bits per heavy atom. The highest BCUT2D eigenvalue weighted by Gasteiger charge is 2.16. The Bertz CT molecular complexity index is 818. The Balaban J connectivity index is 1.91. The standard InChI is InChI=1S/C20H25BrN2O4/c1-4-18-22-14(3)12-19(24)23(18)10-11-27-16-8-6-15(7-9-16)13-17(21)20(25)26-5-2/h6-9,12,17H,4-5,10-11,13H2,1-3H3/t17-/m0/s1. The highest BCUT2D eigenvalue weighted by atomic mass is 79.9. The fraction of sp³-hybridized carbons (Fsp3) is 0.450. The highest BCUT2D eigenvalue weighted by Crippen LogP contribution is 2.16. The molecule has 2 aromatic rings. The molecule has 0 N–H and O–H groups in total. The summed E-state index contributed by atoms with van der Waals surface area (Å²) in [6.07, 6.45) is 1.24. The maximum absolute atomic E-state index is 12.1. The molecule has 0 amide bonds. The number of carbonyl (C=O) groups is 1. The normalized spacial score (nSPS) is 11.9. The van der Waals surface area contributed by atoms with E-state index in [1.54, 1.807) is 11.5 Å². The van der Waals surface area contributed by atoms with Crippen molar-refractivity contribution in [2.45, 2.75) is 45.0 Å². The van der Waals surface area contributed by atoms with Gasteiger partial charge in [-0.25, -0.2) is 4.98 Å². The lowest BCUT2D eigenvalue weighted by Crippen LogP contribution is -2.27. The number of hydrogen-bond donors (Lipinski definition) is 0. The van der Waals surface area contributed by atoms with E-state index in [9.17, 15) is 9.59 Å². The number of ether oxygens (including phenoxy) is 2. The lowest BCUT2D eigenvalue weighted by Gasteiger charge is -2.13. The number of alkyl halides is 1. The van der Waals surface area contributed by atoms with Gasteiger partial charge in [-0.15, -0.1) is 0 Å². The van der Waals surface area contributed by atoms with Crippen LogP contribution in [-0.4, -0.2) is 33.6 Å². The first-order valence-corrected chi connectivity index (χ1v) is 9.96. The molecule has 0 unspecified atom stereocenters. The van der Waals surface area contributed by atoms with E-state index in [-0.39, 0.29) is 16.4 Å². The van der Waals surface area contributed by atoms with E-state index in [0.717, 1.165) is 17.1 Å². The molecule has 0 aliphatic carbocycles. The average Bonchev–Trinajstić information content (AvgIpc) is 2.64. The maximum atomic E-state index is 12.1. The van der Waals surface area contributed by atoms with E-state index in [4.69, 9.17) is 9.47 Å². The molecule has 0 radical (unpaired) electrons. The Labute approximate surface area is 167 Å². The molecule has 7 heteroatoms. The van der Waals surface area contributed by atoms with Crippen LogP contribution in [0.3, 0.4) is 0 Å². The van der Waals surface area contributed by atoms with Crippen molar-refractivity contribution in [3.05, 3.63) is 57.8 Å². The molecule has 27 heavy (non-hydrogen) atoms. The molecule has 1 atom stereocenters. The van der Waals surface area contributed by atoms with Gasteiger partial charge in [0.1, 0.15) is 23.0 Å². The summed E-state index contributed by atoms with van der Waals surface area (Å²) in [5.74, 6) is 1.22. The van der Waals surface area contributed by atoms with Crippen LogP contribution in [0.5, 0.6) is 5.75 Å². The number of rotatable bonds is 9. The molecule has 2 rings (SSSR count). The van der Waals surface area contributed by atoms with Crippen LogP contribution in [-0.2, 0) is 28.9 Å². The molecule has 0 saturated heterocycles. The van der Waals surface area contributed by atoms with Crippen molar-refractivity contribution < 1.29 is 14.3 Å². The number of nitrogens with zero attached hydrogens (tertiary/aromatic N) is 2. The molecule has 1 aromatic heterocycles. The summed E-state index contributed by atoms with van der Waals surface area (Å²) in [5, 5.41) is 0. The molecule has 0 aliphatic rings. The largest absolute Gasteiger partial charge is 0.492 e. The number of aryl methyl sites for hydroxylation is 2. The van der Waals surface area contributed by atoms with E-state index in [1.807, 2.05) is 38.1 Å². The lowest BCUT2D eigenvalue weighted by atomic mass is 10.1. The molecule has 0 bridgehead atoms. The van der Waals surface area contributed by atoms with E-state index in [2.05, 4.69) is 20.9 Å². The second kappa shape index (κ2) is 10.3. The zero-order chi connectivity index (χ0) is 19.8. The van der Waals surface area contributed by atoms with Crippen LogP contribution in [0.1, 0.15) is 30.9 Å². The first kappa shape index (κ1) is 21.2. The summed E-state index contributed by atoms with van der Waals surface area (Å²) in [7, 11) is 0. The van der Waals surface area contributed by atoms with Gasteiger partial charge in [-0.3, -0.25) is 14.2 Å². The van der Waals surface area contributed by atoms with Crippen molar-refractivity contribution in [2.24, 2.45) is 0 Å². The Kier molecular flexibility index (Phi) is 8.03. The lowest BCUT2D eigenvalue weighted by molar-refractivity contribution is -0.142. The smallest absolute Gasteiger partial charge is 0.320 e. The number of hydrogen-bond acceptors (Lipinski definition) is 5. The Morgan fingerprint density at radius 2 is 1.96 bits per heavy atom. The molecule has 0 spiro atoms. The van der Waals surface area contributed by atoms with Gasteiger partial charge < -0.3 is 9.47 Å². The fourth-order valence-corrected chi connectivity index (χ4v) is 3.19. The van der Waals surface area contributed by atoms with Gasteiger partial charge in [-0.1, -0.05) is 35.0 Å². The van der Waals surface area contributed by atoms with Crippen molar-refractivity contribution in [2.75, 3.05) is 13.2 Å². The minimum atomic E-state index is -0.363. The zero-order valence-electron chi connectivity index (χ0n) is 15.9. The summed E-state index contributed by atoms with van der Waals surface area (Å²) in [5.41, 5.74) is 1.68. The zero-order valence-corrected chi connectivity index (χ0v) is 17.5. The van der Waals surface area contributed by atoms with Crippen LogP contribution < -0.4 is 10.3 Å². The second-order valence-electron chi connectivity index (χ2n) is 6.07. The molecule has 1 aromatic carbocycles. The third kappa shape index (κ3) is 6.20. The van der Waals surface area contributed by atoms with Crippen LogP contribution in [0.4, 0.5) is 0 Å². The monoisotopic (exact) mass is 436 g/mol. The van der Waals surface area contributed by atoms with Crippen molar-refractivity contribution in [3.63, 3.8) is 0 Å². The Morgan fingerprint density at radius 1 is 1.26 bits per heavy atom. The first-order chi connectivity index (χ1) is 12.9. The number of benzene rings is 1. The van der Waals surface area contributed by atoms with E-state index in [0.29, 0.717) is 38.3 Å². The number of esters is 1. The quantitative estimate of drug-likeness (QED) is 0.446. The SMILES string of the molecule is CCOC(=O)[C@@H](Br)Cc1ccc(OCCn2c(CC)nc(C)cc2=O)cc1. The predicted octanol–water partition coefficient (Wildman–Crippen LogP) is 3.06. The van der Waals surface area contributed by atoms with Crippen LogP contribution in [0.2, 0.25) is 0 Å². The molecule has 0 saturated carbocycles. The van der Waals surface area contributed by atoms with E-state index in [1.165, 1.54) is 6.07 Å². The molecule has 1 heterocycles. The van der Waals surface area contributed by atoms with Gasteiger partial charge in [0.15, 0.2) is 0 Å². The van der Waals surface area contributed by atoms with E-state index < -0.39 is 0 Å². The fourth-order valence-electron chi connectivity index (χ4n) is 2.69. The van der Waals surface area contributed by atoms with Gasteiger partial charge in [-0.05, 0) is 38.0 Å². The molecule has 146 valence electrons. The van der Waals surface area contributed by atoms with E-state index >= 15 is 0 Å². The number of carbonyl (C=O) groups excluding carboxylic acids is 1. The summed E-state index contributed by atoms with van der Waals surface area (Å²) in [6, 6.07) is 9.09. The van der Waals surface area contributed by atoms with Gasteiger partial charge in [-0.2, -0.15) is 0 Å². The molecule has 6 nitrogen and oxygen atoms in total. The molecule has 0 aliphatic heterocycles. The number of aromatic nitrogens is 2. The molecular weight excluding hydrogens is 412 g/mol. The summed E-state index contributed by atoms with van der Waals surface area (Å²) >= 11 is 3.35. The first-order valence-electron chi connectivity index (χ1n) is 9.04. The third-order valence-electron chi connectivity index (χ3n) is 4.00. The highest BCUT2D eigenvalue weighted by molar-refractivity contribution is 9.10. The number of halogens is 1. The minimum Gasteiger partial charge on any atom is -0.492 e. The maximum Gasteiger partial charge on any atom is 0.320 e. The van der Waals surface area contributed by atoms with Gasteiger partial charge >= 0.3 is 5.97 Å². The van der Waals surface area contributed by atoms with Crippen molar-refractivity contribution in [3.8, 4) is 5.75 Å². The van der Waals surface area contributed by atoms with Gasteiger partial charge in [0.05, 0.1) is 13.2 Å². The molecule has 0 fully saturated rings. The van der Waals surface area contributed by atoms with Gasteiger partial charge in [0.25, 0.3) is 5.56 Å². The van der Waals surface area contributed by atoms with Crippen LogP contribution in [0.25, 0.3) is 0 Å². The van der Waals surface area contributed by atoms with Crippen LogP contribution in [0, 0.1) is 6.92 Å². The predicted molar refractivity (Wildman–Crippen MR) is 108 cm³/mol. The van der Waals surface area contributed by atoms with Crippen molar-refractivity contribution in [1.29, 1.82) is 0 Å². The van der Waals surface area contributed by atoms with Crippen LogP contribution >= 0.6 is 15.9 Å². The topological polar surface area (TPSA) is 70.4 Å². The third-order valence-corrected chi connectivity index (χ3v) is 4.69. The average molecular weight is 437 g/mol. The van der Waals surface area contributed by atoms with Gasteiger partial charge in [0, 0.05) is 18.2 Å². The van der Waals surface area contributed by atoms with Crippen molar-refractivity contribution in [1.82, 2.24) is 9.55 Å². The van der Waals surface area contributed by atoms with Crippen molar-refractivity contribution >= 4 is 21.9 Å². The molecular formula is C20H25BrN2O4. The minimum absolute atomic E-state index is 0.0550. The summed E-state index contributed by atoms with van der Waals surface area (Å²) in [6.45, 7) is 6.78. The summed E-state index contributed by atoms with van der Waals surface area (Å²) < 4.78 is 12.4. The van der Waals surface area contributed by atoms with Gasteiger partial charge in [0.2, 0.25) is 0 Å². The second-order valence-corrected chi connectivity index (χ2v) is 7.18. The summed E-state index contributed by atoms with van der Waals surface area (Å²) in [4.78, 5) is 27.8. The van der Waals surface area contributed by atoms with Crippen LogP contribution in [0.15, 0.2) is 35.1 Å².